The number of hydrogen-bond acceptors (Lipinski definition) is 4. The first kappa shape index (κ1) is 18.4. The molecule has 0 aliphatic carbocycles. The number of aryl methyl sites for hydroxylation is 1. The van der Waals surface area contributed by atoms with Crippen LogP contribution in [0.2, 0.25) is 5.02 Å². The molecule has 0 unspecified atom stereocenters. The lowest BCUT2D eigenvalue weighted by atomic mass is 10.00. The van der Waals surface area contributed by atoms with Crippen molar-refractivity contribution in [3.8, 4) is 22.9 Å². The summed E-state index contributed by atoms with van der Waals surface area (Å²) in [5, 5.41) is 22.0. The Kier molecular flexibility index (Phi) is 5.39. The molecular formula is C21H16ClN3O2. The maximum atomic E-state index is 12.5. The zero-order valence-corrected chi connectivity index (χ0v) is 15.3. The number of halogens is 1. The monoisotopic (exact) mass is 377 g/mol. The third-order valence-electron chi connectivity index (χ3n) is 4.18. The van der Waals surface area contributed by atoms with Crippen molar-refractivity contribution in [3.63, 3.8) is 0 Å². The number of amides is 1. The van der Waals surface area contributed by atoms with Crippen LogP contribution in [-0.4, -0.2) is 16.0 Å². The molecule has 0 radical (unpaired) electrons. The van der Waals surface area contributed by atoms with Crippen molar-refractivity contribution in [2.75, 3.05) is 0 Å². The van der Waals surface area contributed by atoms with E-state index in [-0.39, 0.29) is 18.2 Å². The summed E-state index contributed by atoms with van der Waals surface area (Å²) in [5.41, 5.74) is 3.66. The molecule has 0 aliphatic rings. The molecule has 5 nitrogen and oxygen atoms in total. The van der Waals surface area contributed by atoms with Gasteiger partial charge in [-0.15, -0.1) is 0 Å². The molecule has 6 heteroatoms. The summed E-state index contributed by atoms with van der Waals surface area (Å²) in [4.78, 5) is 16.6. The van der Waals surface area contributed by atoms with E-state index in [4.69, 9.17) is 16.9 Å². The van der Waals surface area contributed by atoms with Crippen molar-refractivity contribution < 1.29 is 9.90 Å². The number of carbonyl (C=O) groups is 1. The predicted molar refractivity (Wildman–Crippen MR) is 103 cm³/mol. The van der Waals surface area contributed by atoms with Gasteiger partial charge in [-0.25, -0.2) is 4.98 Å². The van der Waals surface area contributed by atoms with Crippen molar-refractivity contribution in [2.45, 2.75) is 13.5 Å². The molecule has 0 fully saturated rings. The number of nitriles is 1. The van der Waals surface area contributed by atoms with Gasteiger partial charge in [0, 0.05) is 40.0 Å². The Hall–Kier alpha value is -3.36. The quantitative estimate of drug-likeness (QED) is 0.712. The van der Waals surface area contributed by atoms with Crippen LogP contribution >= 0.6 is 11.6 Å². The minimum Gasteiger partial charge on any atom is -0.508 e. The fourth-order valence-corrected chi connectivity index (χ4v) is 2.93. The molecule has 0 atom stereocenters. The van der Waals surface area contributed by atoms with E-state index in [9.17, 15) is 9.90 Å². The molecule has 0 saturated carbocycles. The van der Waals surface area contributed by atoms with Gasteiger partial charge < -0.3 is 10.4 Å². The van der Waals surface area contributed by atoms with E-state index in [1.807, 2.05) is 13.0 Å². The molecule has 0 bridgehead atoms. The Balaban J connectivity index is 1.86. The maximum absolute atomic E-state index is 12.5. The predicted octanol–water partition coefficient (Wildman–Crippen LogP) is 4.22. The molecule has 3 rings (SSSR count). The van der Waals surface area contributed by atoms with Crippen LogP contribution in [0, 0.1) is 18.3 Å². The molecular weight excluding hydrogens is 362 g/mol. The minimum absolute atomic E-state index is 0.133. The van der Waals surface area contributed by atoms with Gasteiger partial charge in [-0.2, -0.15) is 5.26 Å². The Morgan fingerprint density at radius 3 is 2.70 bits per heavy atom. The second-order valence-corrected chi connectivity index (χ2v) is 6.41. The smallest absolute Gasteiger partial charge is 0.251 e. The van der Waals surface area contributed by atoms with Crippen molar-refractivity contribution in [1.82, 2.24) is 10.3 Å². The standard InChI is InChI=1S/C21H16ClN3O2/c1-13-8-16(10-23)24-12-18(13)17-9-14(6-7-19(17)22)21(27)25-11-15-4-2-3-5-20(15)26/h2-9,12,26H,11H2,1H3,(H,25,27). The first-order chi connectivity index (χ1) is 13.0. The van der Waals surface area contributed by atoms with Crippen LogP contribution in [0.4, 0.5) is 0 Å². The highest BCUT2D eigenvalue weighted by atomic mass is 35.5. The molecule has 1 heterocycles. The van der Waals surface area contributed by atoms with E-state index in [2.05, 4.69) is 10.3 Å². The van der Waals surface area contributed by atoms with Gasteiger partial charge in [0.25, 0.3) is 5.91 Å². The molecule has 27 heavy (non-hydrogen) atoms. The van der Waals surface area contributed by atoms with Crippen molar-refractivity contribution >= 4 is 17.5 Å². The summed E-state index contributed by atoms with van der Waals surface area (Å²) in [7, 11) is 0. The van der Waals surface area contributed by atoms with E-state index in [1.54, 1.807) is 54.7 Å². The van der Waals surface area contributed by atoms with E-state index < -0.39 is 0 Å². The number of nitrogens with zero attached hydrogens (tertiary/aromatic N) is 2. The number of aromatic nitrogens is 1. The lowest BCUT2D eigenvalue weighted by molar-refractivity contribution is 0.0951. The molecule has 2 aromatic carbocycles. The number of pyridine rings is 1. The number of phenolic OH excluding ortho intramolecular Hbond substituents is 1. The van der Waals surface area contributed by atoms with E-state index in [0.717, 1.165) is 11.1 Å². The first-order valence-corrected chi connectivity index (χ1v) is 8.59. The molecule has 1 aromatic heterocycles. The van der Waals surface area contributed by atoms with Crippen LogP contribution < -0.4 is 5.32 Å². The van der Waals surface area contributed by atoms with Crippen LogP contribution in [0.5, 0.6) is 5.75 Å². The van der Waals surface area contributed by atoms with Gasteiger partial charge >= 0.3 is 0 Å². The third kappa shape index (κ3) is 4.08. The van der Waals surface area contributed by atoms with Crippen LogP contribution in [0.25, 0.3) is 11.1 Å². The summed E-state index contributed by atoms with van der Waals surface area (Å²) < 4.78 is 0. The minimum atomic E-state index is -0.282. The molecule has 3 aromatic rings. The normalized spacial score (nSPS) is 10.3. The molecule has 134 valence electrons. The highest BCUT2D eigenvalue weighted by Crippen LogP contribution is 2.31. The zero-order chi connectivity index (χ0) is 19.4. The number of phenols is 1. The lowest BCUT2D eigenvalue weighted by Gasteiger charge is -2.11. The average molecular weight is 378 g/mol. The van der Waals surface area contributed by atoms with Crippen molar-refractivity contribution in [3.05, 3.63) is 82.1 Å². The Labute approximate surface area is 161 Å². The number of para-hydroxylation sites is 1. The average Bonchev–Trinajstić information content (AvgIpc) is 2.67. The molecule has 1 amide bonds. The number of carbonyl (C=O) groups excluding carboxylic acids is 1. The Morgan fingerprint density at radius 1 is 1.22 bits per heavy atom. The number of nitrogens with one attached hydrogen (secondary N) is 1. The van der Waals surface area contributed by atoms with Gasteiger partial charge in [0.2, 0.25) is 0 Å². The highest BCUT2D eigenvalue weighted by Gasteiger charge is 2.13. The van der Waals surface area contributed by atoms with Crippen LogP contribution in [0.3, 0.4) is 0 Å². The molecule has 2 N–H and O–H groups in total. The molecule has 0 aliphatic heterocycles. The summed E-state index contributed by atoms with van der Waals surface area (Å²) in [6.45, 7) is 2.07. The number of rotatable bonds is 4. The summed E-state index contributed by atoms with van der Waals surface area (Å²) in [5.74, 6) is -0.149. The molecule has 0 saturated heterocycles. The fourth-order valence-electron chi connectivity index (χ4n) is 2.71. The number of hydrogen-bond donors (Lipinski definition) is 2. The lowest BCUT2D eigenvalue weighted by Crippen LogP contribution is -2.22. The second kappa shape index (κ2) is 7.90. The second-order valence-electron chi connectivity index (χ2n) is 6.00. The SMILES string of the molecule is Cc1cc(C#N)ncc1-c1cc(C(=O)NCc2ccccc2O)ccc1Cl. The number of aromatic hydroxyl groups is 1. The van der Waals surface area contributed by atoms with Gasteiger partial charge in [-0.05, 0) is 42.8 Å². The fraction of sp³-hybridized carbons (Fsp3) is 0.0952. The summed E-state index contributed by atoms with van der Waals surface area (Å²) in [6.07, 6.45) is 1.58. The van der Waals surface area contributed by atoms with Gasteiger partial charge in [-0.1, -0.05) is 29.8 Å². The number of benzene rings is 2. The largest absolute Gasteiger partial charge is 0.508 e. The van der Waals surface area contributed by atoms with E-state index >= 15 is 0 Å². The zero-order valence-electron chi connectivity index (χ0n) is 14.5. The Bertz CT molecular complexity index is 1060. The van der Waals surface area contributed by atoms with Crippen molar-refractivity contribution in [2.24, 2.45) is 0 Å². The highest BCUT2D eigenvalue weighted by molar-refractivity contribution is 6.33. The third-order valence-corrected chi connectivity index (χ3v) is 4.50. The van der Waals surface area contributed by atoms with Crippen LogP contribution in [0.15, 0.2) is 54.7 Å². The van der Waals surface area contributed by atoms with Gasteiger partial charge in [0.05, 0.1) is 0 Å². The van der Waals surface area contributed by atoms with E-state index in [1.165, 1.54) is 0 Å². The first-order valence-electron chi connectivity index (χ1n) is 8.21. The topological polar surface area (TPSA) is 86.0 Å². The van der Waals surface area contributed by atoms with Gasteiger partial charge in [0.1, 0.15) is 17.5 Å². The summed E-state index contributed by atoms with van der Waals surface area (Å²) >= 11 is 6.32. The van der Waals surface area contributed by atoms with E-state index in [0.29, 0.717) is 27.4 Å². The Morgan fingerprint density at radius 2 is 2.00 bits per heavy atom. The van der Waals surface area contributed by atoms with Gasteiger partial charge in [0.15, 0.2) is 0 Å². The molecule has 0 spiro atoms. The summed E-state index contributed by atoms with van der Waals surface area (Å²) in [6, 6.07) is 15.5. The van der Waals surface area contributed by atoms with Crippen LogP contribution in [0.1, 0.15) is 27.2 Å². The maximum Gasteiger partial charge on any atom is 0.251 e. The van der Waals surface area contributed by atoms with Crippen LogP contribution in [-0.2, 0) is 6.54 Å². The van der Waals surface area contributed by atoms with Crippen molar-refractivity contribution in [1.29, 1.82) is 5.26 Å². The van der Waals surface area contributed by atoms with Gasteiger partial charge in [-0.3, -0.25) is 4.79 Å².